The van der Waals surface area contributed by atoms with Crippen molar-refractivity contribution in [3.8, 4) is 0 Å². The number of hydrogen-bond acceptors (Lipinski definition) is 1. The first-order chi connectivity index (χ1) is 10.3. The summed E-state index contributed by atoms with van der Waals surface area (Å²) >= 11 is 5.91. The van der Waals surface area contributed by atoms with Gasteiger partial charge < -0.3 is 4.57 Å². The van der Waals surface area contributed by atoms with Gasteiger partial charge in [-0.15, -0.1) is 11.6 Å². The van der Waals surface area contributed by atoms with Crippen molar-refractivity contribution in [2.75, 3.05) is 5.88 Å². The largest absolute Gasteiger partial charge is 0.328 e. The summed E-state index contributed by atoms with van der Waals surface area (Å²) in [5, 5.41) is 0. The zero-order valence-electron chi connectivity index (χ0n) is 12.1. The number of imidazole rings is 1. The maximum absolute atomic E-state index is 14.0. The van der Waals surface area contributed by atoms with E-state index in [4.69, 9.17) is 11.6 Å². The highest BCUT2D eigenvalue weighted by Gasteiger charge is 2.41. The summed E-state index contributed by atoms with van der Waals surface area (Å²) < 4.78 is 16.2. The molecule has 0 saturated heterocycles. The summed E-state index contributed by atoms with van der Waals surface area (Å²) in [5.41, 5.74) is 1.43. The molecular formula is C17H20ClFN2. The lowest BCUT2D eigenvalue weighted by Crippen LogP contribution is -2.17. The predicted octanol–water partition coefficient (Wildman–Crippen LogP) is 4.39. The number of hydrogen-bond donors (Lipinski definition) is 0. The highest BCUT2D eigenvalue weighted by atomic mass is 35.5. The van der Waals surface area contributed by atoms with E-state index in [2.05, 4.69) is 9.55 Å². The smallest absolute Gasteiger partial charge is 0.151 e. The number of aryl methyl sites for hydroxylation is 1. The van der Waals surface area contributed by atoms with Crippen LogP contribution in [-0.4, -0.2) is 15.4 Å². The Bertz CT molecular complexity index is 646. The van der Waals surface area contributed by atoms with Gasteiger partial charge in [0.05, 0.1) is 5.52 Å². The highest BCUT2D eigenvalue weighted by Crippen LogP contribution is 2.50. The number of halogens is 2. The van der Waals surface area contributed by atoms with Crippen molar-refractivity contribution in [1.29, 1.82) is 0 Å². The molecule has 0 atom stereocenters. The maximum Gasteiger partial charge on any atom is 0.151 e. The second-order valence-corrected chi connectivity index (χ2v) is 6.90. The van der Waals surface area contributed by atoms with Crippen molar-refractivity contribution < 1.29 is 4.39 Å². The van der Waals surface area contributed by atoms with Crippen LogP contribution in [0.2, 0.25) is 0 Å². The van der Waals surface area contributed by atoms with E-state index in [1.54, 1.807) is 6.07 Å². The van der Waals surface area contributed by atoms with E-state index < -0.39 is 0 Å². The Balaban J connectivity index is 1.74. The Hall–Kier alpha value is -1.09. The first-order valence-corrected chi connectivity index (χ1v) is 8.51. The Morgan fingerprint density at radius 3 is 2.57 bits per heavy atom. The third-order valence-electron chi connectivity index (χ3n) is 4.98. The Kier molecular flexibility index (Phi) is 3.41. The fourth-order valence-corrected chi connectivity index (χ4v) is 3.75. The van der Waals surface area contributed by atoms with Gasteiger partial charge in [-0.3, -0.25) is 0 Å². The van der Waals surface area contributed by atoms with E-state index in [9.17, 15) is 4.39 Å². The average molecular weight is 307 g/mol. The van der Waals surface area contributed by atoms with Crippen LogP contribution < -0.4 is 0 Å². The molecule has 2 fully saturated rings. The van der Waals surface area contributed by atoms with Crippen LogP contribution in [0.5, 0.6) is 0 Å². The molecule has 0 aliphatic heterocycles. The van der Waals surface area contributed by atoms with E-state index in [0.29, 0.717) is 17.8 Å². The second-order valence-electron chi connectivity index (χ2n) is 6.52. The van der Waals surface area contributed by atoms with Gasteiger partial charge in [0.2, 0.25) is 0 Å². The topological polar surface area (TPSA) is 17.8 Å². The highest BCUT2D eigenvalue weighted by molar-refractivity contribution is 6.17. The van der Waals surface area contributed by atoms with Crippen molar-refractivity contribution in [3.05, 3.63) is 29.8 Å². The number of nitrogens with zero attached hydrogens (tertiary/aromatic N) is 2. The van der Waals surface area contributed by atoms with Gasteiger partial charge in [-0.1, -0.05) is 6.07 Å². The molecule has 1 heterocycles. The molecule has 0 unspecified atom stereocenters. The third-order valence-corrected chi connectivity index (χ3v) is 5.16. The molecule has 4 heteroatoms. The zero-order chi connectivity index (χ0) is 14.4. The molecule has 0 amide bonds. The van der Waals surface area contributed by atoms with Gasteiger partial charge in [0.15, 0.2) is 5.82 Å². The first-order valence-electron chi connectivity index (χ1n) is 7.97. The van der Waals surface area contributed by atoms with E-state index >= 15 is 0 Å². The van der Waals surface area contributed by atoms with Crippen LogP contribution in [0.25, 0.3) is 11.0 Å². The quantitative estimate of drug-likeness (QED) is 0.724. The van der Waals surface area contributed by atoms with Gasteiger partial charge in [0.1, 0.15) is 11.3 Å². The van der Waals surface area contributed by atoms with Crippen LogP contribution in [0.4, 0.5) is 4.39 Å². The van der Waals surface area contributed by atoms with Gasteiger partial charge >= 0.3 is 0 Å². The molecule has 2 aromatic rings. The minimum absolute atomic E-state index is 0.225. The van der Waals surface area contributed by atoms with Crippen molar-refractivity contribution in [2.24, 2.45) is 17.8 Å². The lowest BCUT2D eigenvalue weighted by Gasteiger charge is -2.18. The van der Waals surface area contributed by atoms with Crippen molar-refractivity contribution in [2.45, 2.75) is 38.6 Å². The molecule has 4 rings (SSSR count). The second kappa shape index (κ2) is 5.28. The standard InChI is InChI=1S/C17H20ClFN2/c18-9-8-16-20-17-14(19)2-1-3-15(17)21(16)10-13(11-4-5-11)12-6-7-12/h1-3,11-13H,4-10H2. The molecule has 21 heavy (non-hydrogen) atoms. The SMILES string of the molecule is Fc1cccc2c1nc(CCCl)n2CC(C1CC1)C1CC1. The number of fused-ring (bicyclic) bond motifs is 1. The van der Waals surface area contributed by atoms with Crippen LogP contribution in [0.15, 0.2) is 18.2 Å². The van der Waals surface area contributed by atoms with Crippen LogP contribution >= 0.6 is 11.6 Å². The summed E-state index contributed by atoms with van der Waals surface area (Å²) in [7, 11) is 0. The number of para-hydroxylation sites is 1. The van der Waals surface area contributed by atoms with Crippen molar-refractivity contribution in [1.82, 2.24) is 9.55 Å². The van der Waals surface area contributed by atoms with Crippen molar-refractivity contribution >= 4 is 22.6 Å². The average Bonchev–Trinajstić information content (AvgIpc) is 3.36. The summed E-state index contributed by atoms with van der Waals surface area (Å²) in [4.78, 5) is 4.52. The minimum Gasteiger partial charge on any atom is -0.328 e. The Morgan fingerprint density at radius 1 is 1.24 bits per heavy atom. The number of rotatable bonds is 6. The van der Waals surface area contributed by atoms with E-state index in [0.717, 1.165) is 35.6 Å². The summed E-state index contributed by atoms with van der Waals surface area (Å²) in [6, 6.07) is 5.26. The van der Waals surface area contributed by atoms with Crippen LogP contribution in [0.3, 0.4) is 0 Å². The Labute approximate surface area is 129 Å². The molecule has 0 spiro atoms. The molecule has 2 aliphatic rings. The maximum atomic E-state index is 14.0. The molecule has 1 aromatic carbocycles. The van der Waals surface area contributed by atoms with Gasteiger partial charge in [-0.05, 0) is 55.6 Å². The van der Waals surface area contributed by atoms with Gasteiger partial charge in [0.25, 0.3) is 0 Å². The molecule has 1 aromatic heterocycles. The third kappa shape index (κ3) is 2.57. The van der Waals surface area contributed by atoms with E-state index in [1.807, 2.05) is 6.07 Å². The number of alkyl halides is 1. The minimum atomic E-state index is -0.225. The molecule has 2 nitrogen and oxygen atoms in total. The van der Waals surface area contributed by atoms with Crippen molar-refractivity contribution in [3.63, 3.8) is 0 Å². The van der Waals surface area contributed by atoms with Gasteiger partial charge in [-0.25, -0.2) is 9.37 Å². The monoisotopic (exact) mass is 306 g/mol. The molecular weight excluding hydrogens is 287 g/mol. The molecule has 0 N–H and O–H groups in total. The fraction of sp³-hybridized carbons (Fsp3) is 0.588. The molecule has 112 valence electrons. The van der Waals surface area contributed by atoms with E-state index in [-0.39, 0.29) is 5.82 Å². The molecule has 0 radical (unpaired) electrons. The summed E-state index contributed by atoms with van der Waals surface area (Å²) in [6.45, 7) is 0.988. The molecule has 2 aliphatic carbocycles. The van der Waals surface area contributed by atoms with Crippen LogP contribution in [0, 0.1) is 23.6 Å². The predicted molar refractivity (Wildman–Crippen MR) is 83.1 cm³/mol. The van der Waals surface area contributed by atoms with Gasteiger partial charge in [-0.2, -0.15) is 0 Å². The Morgan fingerprint density at radius 2 is 1.95 bits per heavy atom. The van der Waals surface area contributed by atoms with Gasteiger partial charge in [0, 0.05) is 18.8 Å². The summed E-state index contributed by atoms with van der Waals surface area (Å²) in [5.74, 6) is 3.76. The fourth-order valence-electron chi connectivity index (χ4n) is 3.58. The lowest BCUT2D eigenvalue weighted by atomic mass is 9.97. The van der Waals surface area contributed by atoms with E-state index in [1.165, 1.54) is 31.7 Å². The van der Waals surface area contributed by atoms with Crippen LogP contribution in [-0.2, 0) is 13.0 Å². The number of benzene rings is 1. The number of aromatic nitrogens is 2. The molecule has 0 bridgehead atoms. The normalized spacial score (nSPS) is 18.8. The lowest BCUT2D eigenvalue weighted by molar-refractivity contribution is 0.349. The zero-order valence-corrected chi connectivity index (χ0v) is 12.8. The summed E-state index contributed by atoms with van der Waals surface area (Å²) in [6.07, 6.45) is 6.18. The van der Waals surface area contributed by atoms with Crippen LogP contribution in [0.1, 0.15) is 31.5 Å². The molecule has 2 saturated carbocycles. The first kappa shape index (κ1) is 13.6.